The van der Waals surface area contributed by atoms with Crippen LogP contribution >= 0.6 is 11.8 Å². The zero-order chi connectivity index (χ0) is 25.9. The van der Waals surface area contributed by atoms with E-state index in [1.807, 2.05) is 60.5 Å². The number of hydrazone groups is 1. The van der Waals surface area contributed by atoms with Crippen LogP contribution in [0.15, 0.2) is 82.9 Å². The van der Waals surface area contributed by atoms with Gasteiger partial charge in [-0.3, -0.25) is 9.59 Å². The lowest BCUT2D eigenvalue weighted by molar-refractivity contribution is -0.121. The van der Waals surface area contributed by atoms with Crippen molar-refractivity contribution >= 4 is 40.1 Å². The number of nitrogens with one attached hydrogen (secondary N) is 1. The average molecular weight is 513 g/mol. The average Bonchev–Trinajstić information content (AvgIpc) is 3.50. The Hall–Kier alpha value is -3.91. The van der Waals surface area contributed by atoms with Gasteiger partial charge in [0.25, 0.3) is 5.91 Å². The molecule has 2 aliphatic heterocycles. The van der Waals surface area contributed by atoms with Crippen LogP contribution in [-0.4, -0.2) is 40.1 Å². The van der Waals surface area contributed by atoms with E-state index in [9.17, 15) is 9.59 Å². The number of rotatable bonds is 6. The van der Waals surface area contributed by atoms with Crippen LogP contribution in [0.3, 0.4) is 0 Å². The number of anilines is 1. The molecule has 3 aromatic carbocycles. The van der Waals surface area contributed by atoms with E-state index in [1.54, 1.807) is 7.11 Å². The summed E-state index contributed by atoms with van der Waals surface area (Å²) in [5.41, 5.74) is 5.98. The van der Waals surface area contributed by atoms with E-state index in [4.69, 9.17) is 9.84 Å². The molecule has 2 aliphatic rings. The molecular formula is C29H28N4O3S. The number of aliphatic imine (C=N–C) groups is 1. The summed E-state index contributed by atoms with van der Waals surface area (Å²) in [6.45, 7) is 4.04. The van der Waals surface area contributed by atoms with Crippen LogP contribution in [0.5, 0.6) is 5.75 Å². The van der Waals surface area contributed by atoms with Gasteiger partial charge in [-0.1, -0.05) is 59.3 Å². The van der Waals surface area contributed by atoms with Crippen LogP contribution in [0.4, 0.5) is 5.69 Å². The number of ether oxygens (including phenoxy) is 1. The normalized spacial score (nSPS) is 19.0. The van der Waals surface area contributed by atoms with Crippen LogP contribution in [0, 0.1) is 13.8 Å². The van der Waals surface area contributed by atoms with Crippen molar-refractivity contribution in [3.8, 4) is 5.75 Å². The molecule has 188 valence electrons. The van der Waals surface area contributed by atoms with Gasteiger partial charge >= 0.3 is 0 Å². The van der Waals surface area contributed by atoms with E-state index in [0.29, 0.717) is 17.3 Å². The van der Waals surface area contributed by atoms with Crippen molar-refractivity contribution in [1.82, 2.24) is 5.01 Å². The van der Waals surface area contributed by atoms with Gasteiger partial charge in [-0.25, -0.2) is 5.01 Å². The highest BCUT2D eigenvalue weighted by Gasteiger charge is 2.39. The first kappa shape index (κ1) is 24.8. The number of methoxy groups -OCH3 is 1. The second-order valence-corrected chi connectivity index (χ2v) is 10.4. The van der Waals surface area contributed by atoms with Crippen LogP contribution in [0.2, 0.25) is 0 Å². The van der Waals surface area contributed by atoms with Crippen LogP contribution in [0.1, 0.15) is 41.1 Å². The molecule has 7 nitrogen and oxygen atoms in total. The molecule has 0 fully saturated rings. The Morgan fingerprint density at radius 1 is 1.00 bits per heavy atom. The highest BCUT2D eigenvalue weighted by atomic mass is 32.2. The van der Waals surface area contributed by atoms with Gasteiger partial charge in [-0.05, 0) is 61.4 Å². The minimum absolute atomic E-state index is 0.0441. The lowest BCUT2D eigenvalue weighted by atomic mass is 9.98. The summed E-state index contributed by atoms with van der Waals surface area (Å²) in [5, 5.41) is 9.55. The van der Waals surface area contributed by atoms with Gasteiger partial charge in [0.05, 0.1) is 18.9 Å². The monoisotopic (exact) mass is 512 g/mol. The van der Waals surface area contributed by atoms with Crippen molar-refractivity contribution in [3.63, 3.8) is 0 Å². The first-order chi connectivity index (χ1) is 17.9. The molecule has 2 heterocycles. The standard InChI is InChI=1S/C29H28N4O3S/c1-18-4-8-21(9-5-18)25-16-24(20-10-14-23(36-3)15-11-20)32-33(25)29-31-28(35)26(37-29)17-27(34)30-22-12-6-19(2)7-13-22/h4-15,25-26H,16-17H2,1-3H3,(H,30,34)/t25-,26+/m0/s1. The van der Waals surface area contributed by atoms with Gasteiger partial charge < -0.3 is 10.1 Å². The molecule has 0 bridgehead atoms. The highest BCUT2D eigenvalue weighted by molar-refractivity contribution is 8.15. The molecule has 0 radical (unpaired) electrons. The maximum absolute atomic E-state index is 12.8. The van der Waals surface area contributed by atoms with E-state index in [-0.39, 0.29) is 24.3 Å². The van der Waals surface area contributed by atoms with Gasteiger partial charge in [0.15, 0.2) is 5.17 Å². The quantitative estimate of drug-likeness (QED) is 0.472. The number of carbonyl (C=O) groups is 2. The second-order valence-electron chi connectivity index (χ2n) is 9.21. The molecule has 0 aliphatic carbocycles. The number of hydrogen-bond acceptors (Lipinski definition) is 6. The smallest absolute Gasteiger partial charge is 0.262 e. The number of thioether (sulfide) groups is 1. The highest BCUT2D eigenvalue weighted by Crippen LogP contribution is 2.38. The SMILES string of the molecule is COc1ccc(C2=NN(C3=NC(=O)[C@@H](CC(=O)Nc4ccc(C)cc4)S3)[C@H](c3ccc(C)cc3)C2)cc1. The van der Waals surface area contributed by atoms with E-state index >= 15 is 0 Å². The maximum Gasteiger partial charge on any atom is 0.262 e. The summed E-state index contributed by atoms with van der Waals surface area (Å²) in [5.74, 6) is 0.252. The molecule has 0 unspecified atom stereocenters. The predicted molar refractivity (Wildman–Crippen MR) is 148 cm³/mol. The molecule has 3 aromatic rings. The zero-order valence-corrected chi connectivity index (χ0v) is 21.8. The molecule has 2 amide bonds. The van der Waals surface area contributed by atoms with Crippen molar-refractivity contribution in [1.29, 1.82) is 0 Å². The summed E-state index contributed by atoms with van der Waals surface area (Å²) >= 11 is 1.30. The zero-order valence-electron chi connectivity index (χ0n) is 21.0. The Morgan fingerprint density at radius 3 is 2.30 bits per heavy atom. The molecule has 0 spiro atoms. The number of benzene rings is 3. The Bertz CT molecular complexity index is 1370. The van der Waals surface area contributed by atoms with Crippen molar-refractivity contribution in [3.05, 3.63) is 95.1 Å². The topological polar surface area (TPSA) is 83.4 Å². The fraction of sp³-hybridized carbons (Fsp3) is 0.241. The molecule has 0 aromatic heterocycles. The summed E-state index contributed by atoms with van der Waals surface area (Å²) in [6, 6.07) is 23.6. The Balaban J connectivity index is 1.35. The lowest BCUT2D eigenvalue weighted by Gasteiger charge is -2.23. The van der Waals surface area contributed by atoms with Crippen LogP contribution in [0.25, 0.3) is 0 Å². The number of amidine groups is 1. The van der Waals surface area contributed by atoms with Crippen molar-refractivity contribution in [2.45, 2.75) is 38.0 Å². The van der Waals surface area contributed by atoms with E-state index in [0.717, 1.165) is 28.2 Å². The lowest BCUT2D eigenvalue weighted by Crippen LogP contribution is -2.25. The summed E-state index contributed by atoms with van der Waals surface area (Å²) in [6.07, 6.45) is 0.713. The molecule has 0 saturated carbocycles. The summed E-state index contributed by atoms with van der Waals surface area (Å²) in [7, 11) is 1.64. The van der Waals surface area contributed by atoms with Crippen molar-refractivity contribution in [2.24, 2.45) is 10.1 Å². The Morgan fingerprint density at radius 2 is 1.65 bits per heavy atom. The van der Waals surface area contributed by atoms with Gasteiger partial charge in [0, 0.05) is 18.5 Å². The van der Waals surface area contributed by atoms with Gasteiger partial charge in [0.2, 0.25) is 5.91 Å². The Kier molecular flexibility index (Phi) is 7.10. The molecule has 37 heavy (non-hydrogen) atoms. The van der Waals surface area contributed by atoms with Gasteiger partial charge in [-0.2, -0.15) is 10.1 Å². The number of amides is 2. The number of hydrogen-bond donors (Lipinski definition) is 1. The van der Waals surface area contributed by atoms with E-state index < -0.39 is 5.25 Å². The molecule has 0 saturated heterocycles. The largest absolute Gasteiger partial charge is 0.497 e. The molecule has 1 N–H and O–H groups in total. The summed E-state index contributed by atoms with van der Waals surface area (Å²) in [4.78, 5) is 29.8. The molecule has 2 atom stereocenters. The third-order valence-electron chi connectivity index (χ3n) is 6.43. The fourth-order valence-electron chi connectivity index (χ4n) is 4.31. The first-order valence-corrected chi connectivity index (χ1v) is 13.0. The van der Waals surface area contributed by atoms with E-state index in [1.165, 1.54) is 17.3 Å². The van der Waals surface area contributed by atoms with E-state index in [2.05, 4.69) is 41.5 Å². The van der Waals surface area contributed by atoms with Crippen molar-refractivity contribution < 1.29 is 14.3 Å². The van der Waals surface area contributed by atoms with Crippen LogP contribution < -0.4 is 10.1 Å². The predicted octanol–water partition coefficient (Wildman–Crippen LogP) is 5.49. The van der Waals surface area contributed by atoms with Crippen LogP contribution in [-0.2, 0) is 9.59 Å². The van der Waals surface area contributed by atoms with Gasteiger partial charge in [0.1, 0.15) is 11.0 Å². The minimum Gasteiger partial charge on any atom is -0.497 e. The number of nitrogens with zero attached hydrogens (tertiary/aromatic N) is 3. The molecular weight excluding hydrogens is 484 g/mol. The number of aryl methyl sites for hydroxylation is 2. The molecule has 5 rings (SSSR count). The third kappa shape index (κ3) is 5.59. The fourth-order valence-corrected chi connectivity index (χ4v) is 5.38. The second kappa shape index (κ2) is 10.6. The summed E-state index contributed by atoms with van der Waals surface area (Å²) < 4.78 is 5.29. The van der Waals surface area contributed by atoms with Gasteiger partial charge in [-0.15, -0.1) is 0 Å². The number of carbonyl (C=O) groups excluding carboxylic acids is 2. The van der Waals surface area contributed by atoms with Crippen molar-refractivity contribution in [2.75, 3.05) is 12.4 Å². The first-order valence-electron chi connectivity index (χ1n) is 12.1. The maximum atomic E-state index is 12.8. The molecule has 8 heteroatoms. The Labute approximate surface area is 220 Å². The minimum atomic E-state index is -0.584. The third-order valence-corrected chi connectivity index (χ3v) is 7.57.